The summed E-state index contributed by atoms with van der Waals surface area (Å²) < 4.78 is 0. The van der Waals surface area contributed by atoms with Gasteiger partial charge in [-0.25, -0.2) is 0 Å². The number of thioether (sulfide) groups is 1. The first-order valence-corrected chi connectivity index (χ1v) is 7.66. The smallest absolute Gasteiger partial charge is 0.234 e. The molecule has 2 aromatic rings. The number of hydrogen-bond donors (Lipinski definition) is 4. The molecule has 0 atom stereocenters. The van der Waals surface area contributed by atoms with Gasteiger partial charge in [0.2, 0.25) is 5.91 Å². The molecule has 0 unspecified atom stereocenters. The number of benzene rings is 2. The summed E-state index contributed by atoms with van der Waals surface area (Å²) in [5.74, 6) is -0.0708. The van der Waals surface area contributed by atoms with Crippen molar-refractivity contribution >= 4 is 23.4 Å². The number of amides is 1. The molecule has 5 nitrogen and oxygen atoms in total. The summed E-state index contributed by atoms with van der Waals surface area (Å²) in [6, 6.07) is 12.4. The molecule has 0 saturated carbocycles. The average molecular weight is 319 g/mol. The topological polar surface area (TPSA) is 89.8 Å². The molecular weight excluding hydrogens is 302 g/mol. The Morgan fingerprint density at radius 2 is 1.64 bits per heavy atom. The van der Waals surface area contributed by atoms with Crippen LogP contribution in [0, 0.1) is 0 Å². The van der Waals surface area contributed by atoms with Crippen molar-refractivity contribution in [2.24, 2.45) is 0 Å². The number of aromatic hydroxyl groups is 1. The van der Waals surface area contributed by atoms with Gasteiger partial charge >= 0.3 is 0 Å². The molecule has 22 heavy (non-hydrogen) atoms. The Labute approximate surface area is 132 Å². The molecule has 0 aliphatic rings. The minimum absolute atomic E-state index is 0.108. The number of phenols is 1. The van der Waals surface area contributed by atoms with E-state index < -0.39 is 0 Å². The van der Waals surface area contributed by atoms with Gasteiger partial charge < -0.3 is 20.6 Å². The molecule has 0 aliphatic carbocycles. The van der Waals surface area contributed by atoms with Crippen LogP contribution in [0.15, 0.2) is 47.4 Å². The van der Waals surface area contributed by atoms with Crippen molar-refractivity contribution in [1.29, 1.82) is 0 Å². The third kappa shape index (κ3) is 4.24. The zero-order valence-corrected chi connectivity index (χ0v) is 12.6. The van der Waals surface area contributed by atoms with E-state index in [1.165, 1.54) is 11.8 Å². The van der Waals surface area contributed by atoms with Crippen LogP contribution in [-0.2, 0) is 18.0 Å². The van der Waals surface area contributed by atoms with Crippen LogP contribution >= 0.6 is 11.8 Å². The highest BCUT2D eigenvalue weighted by Gasteiger charge is 2.10. The van der Waals surface area contributed by atoms with Gasteiger partial charge in [-0.2, -0.15) is 0 Å². The lowest BCUT2D eigenvalue weighted by molar-refractivity contribution is -0.113. The van der Waals surface area contributed by atoms with Crippen LogP contribution in [0.1, 0.15) is 11.1 Å². The first-order valence-electron chi connectivity index (χ1n) is 6.68. The van der Waals surface area contributed by atoms with Crippen molar-refractivity contribution < 1.29 is 20.1 Å². The maximum Gasteiger partial charge on any atom is 0.234 e. The molecule has 2 rings (SSSR count). The van der Waals surface area contributed by atoms with Crippen molar-refractivity contribution in [3.05, 3.63) is 53.6 Å². The van der Waals surface area contributed by atoms with Crippen LogP contribution in [0.4, 0.5) is 5.69 Å². The number of rotatable bonds is 6. The molecule has 0 fully saturated rings. The molecule has 0 heterocycles. The van der Waals surface area contributed by atoms with Crippen molar-refractivity contribution in [2.45, 2.75) is 18.1 Å². The van der Waals surface area contributed by atoms with E-state index in [0.717, 1.165) is 5.69 Å². The van der Waals surface area contributed by atoms with Crippen molar-refractivity contribution in [3.63, 3.8) is 0 Å². The van der Waals surface area contributed by atoms with Gasteiger partial charge in [-0.05, 0) is 24.3 Å². The zero-order valence-electron chi connectivity index (χ0n) is 11.8. The quantitative estimate of drug-likeness (QED) is 0.612. The lowest BCUT2D eigenvalue weighted by Gasteiger charge is -2.10. The van der Waals surface area contributed by atoms with Crippen LogP contribution < -0.4 is 5.32 Å². The highest BCUT2D eigenvalue weighted by molar-refractivity contribution is 8.00. The molecule has 0 saturated heterocycles. The second-order valence-corrected chi connectivity index (χ2v) is 5.66. The largest absolute Gasteiger partial charge is 0.507 e. The highest BCUT2D eigenvalue weighted by Crippen LogP contribution is 2.30. The Morgan fingerprint density at radius 3 is 2.18 bits per heavy atom. The summed E-state index contributed by atoms with van der Waals surface area (Å²) in [4.78, 5) is 12.6. The van der Waals surface area contributed by atoms with Crippen molar-refractivity contribution in [1.82, 2.24) is 0 Å². The van der Waals surface area contributed by atoms with E-state index in [4.69, 9.17) is 0 Å². The summed E-state index contributed by atoms with van der Waals surface area (Å²) in [7, 11) is 0. The minimum Gasteiger partial charge on any atom is -0.507 e. The fourth-order valence-electron chi connectivity index (χ4n) is 1.92. The number of aliphatic hydroxyl groups is 2. The fraction of sp³-hybridized carbons (Fsp3) is 0.188. The lowest BCUT2D eigenvalue weighted by atomic mass is 10.1. The number of anilines is 1. The van der Waals surface area contributed by atoms with Gasteiger partial charge in [-0.3, -0.25) is 4.79 Å². The molecule has 2 aromatic carbocycles. The monoisotopic (exact) mass is 319 g/mol. The maximum absolute atomic E-state index is 11.9. The van der Waals surface area contributed by atoms with Crippen LogP contribution in [-0.4, -0.2) is 27.0 Å². The summed E-state index contributed by atoms with van der Waals surface area (Å²) in [5, 5.41) is 31.0. The van der Waals surface area contributed by atoms with E-state index in [-0.39, 0.29) is 30.6 Å². The third-order valence-corrected chi connectivity index (χ3v) is 3.99. The number of nitrogens with one attached hydrogen (secondary N) is 1. The highest BCUT2D eigenvalue weighted by atomic mass is 32.2. The van der Waals surface area contributed by atoms with E-state index in [1.807, 2.05) is 18.2 Å². The predicted octanol–water partition coefficient (Wildman–Crippen LogP) is 2.11. The summed E-state index contributed by atoms with van der Waals surface area (Å²) in [5.41, 5.74) is 1.39. The van der Waals surface area contributed by atoms with Crippen LogP contribution in [0.2, 0.25) is 0 Å². The number of carbonyl (C=O) groups excluding carboxylic acids is 1. The number of hydrogen-bond acceptors (Lipinski definition) is 5. The van der Waals surface area contributed by atoms with Gasteiger partial charge in [0.25, 0.3) is 0 Å². The average Bonchev–Trinajstić information content (AvgIpc) is 2.54. The number of para-hydroxylation sites is 1. The minimum atomic E-state index is -0.330. The number of aliphatic hydroxyl groups excluding tert-OH is 2. The molecule has 0 aromatic heterocycles. The Morgan fingerprint density at radius 1 is 1.05 bits per heavy atom. The maximum atomic E-state index is 11.9. The second kappa shape index (κ2) is 7.84. The fourth-order valence-corrected chi connectivity index (χ4v) is 2.74. The van der Waals surface area contributed by atoms with Crippen LogP contribution in [0.3, 0.4) is 0 Å². The predicted molar refractivity (Wildman–Crippen MR) is 85.7 cm³/mol. The number of carbonyl (C=O) groups is 1. The van der Waals surface area contributed by atoms with Gasteiger partial charge in [-0.15, -0.1) is 11.8 Å². The standard InChI is InChI=1S/C16H17NO4S/c18-8-11-6-14(7-12(9-19)16(11)21)22-10-15(20)17-13-4-2-1-3-5-13/h1-7,18-19,21H,8-10H2,(H,17,20). The van der Waals surface area contributed by atoms with Gasteiger partial charge in [0.1, 0.15) is 5.75 Å². The SMILES string of the molecule is O=C(CSc1cc(CO)c(O)c(CO)c1)Nc1ccccc1. The summed E-state index contributed by atoms with van der Waals surface area (Å²) in [6.07, 6.45) is 0. The molecule has 0 aliphatic heterocycles. The van der Waals surface area contributed by atoms with Crippen molar-refractivity contribution in [3.8, 4) is 5.75 Å². The van der Waals surface area contributed by atoms with Gasteiger partial charge in [0.15, 0.2) is 0 Å². The van der Waals surface area contributed by atoms with E-state index in [9.17, 15) is 20.1 Å². The Kier molecular flexibility index (Phi) is 5.83. The molecule has 0 spiro atoms. The normalized spacial score (nSPS) is 10.5. The van der Waals surface area contributed by atoms with Crippen LogP contribution in [0.5, 0.6) is 5.75 Å². The van der Waals surface area contributed by atoms with E-state index in [2.05, 4.69) is 5.32 Å². The first-order chi connectivity index (χ1) is 10.6. The molecule has 0 radical (unpaired) electrons. The summed E-state index contributed by atoms with van der Waals surface area (Å²) in [6.45, 7) is -0.660. The molecular formula is C16H17NO4S. The van der Waals surface area contributed by atoms with Crippen molar-refractivity contribution in [2.75, 3.05) is 11.1 Å². The molecule has 6 heteroatoms. The third-order valence-electron chi connectivity index (χ3n) is 3.01. The van der Waals surface area contributed by atoms with Crippen LogP contribution in [0.25, 0.3) is 0 Å². The van der Waals surface area contributed by atoms with Gasteiger partial charge in [-0.1, -0.05) is 18.2 Å². The van der Waals surface area contributed by atoms with E-state index >= 15 is 0 Å². The lowest BCUT2D eigenvalue weighted by Crippen LogP contribution is -2.13. The Bertz CT molecular complexity index is 621. The zero-order chi connectivity index (χ0) is 15.9. The Balaban J connectivity index is 2.00. The Hall–Kier alpha value is -2.02. The van der Waals surface area contributed by atoms with E-state index in [1.54, 1.807) is 24.3 Å². The molecule has 1 amide bonds. The van der Waals surface area contributed by atoms with E-state index in [0.29, 0.717) is 16.0 Å². The van der Waals surface area contributed by atoms with Gasteiger partial charge in [0, 0.05) is 21.7 Å². The molecule has 116 valence electrons. The van der Waals surface area contributed by atoms with Gasteiger partial charge in [0.05, 0.1) is 19.0 Å². The molecule has 0 bridgehead atoms. The summed E-state index contributed by atoms with van der Waals surface area (Å²) >= 11 is 1.27. The molecule has 4 N–H and O–H groups in total. The first kappa shape index (κ1) is 16.4. The second-order valence-electron chi connectivity index (χ2n) is 4.61.